The molecule has 0 aliphatic rings. The summed E-state index contributed by atoms with van der Waals surface area (Å²) in [6.07, 6.45) is -4.75. The predicted octanol–water partition coefficient (Wildman–Crippen LogP) is 2.03. The van der Waals surface area contributed by atoms with E-state index >= 15 is 0 Å². The number of aromatic nitrogens is 1. The molecule has 1 heterocycles. The zero-order valence-electron chi connectivity index (χ0n) is 12.1. The minimum atomic E-state index is -4.75. The van der Waals surface area contributed by atoms with Gasteiger partial charge < -0.3 is 19.1 Å². The van der Waals surface area contributed by atoms with Gasteiger partial charge in [-0.3, -0.25) is 4.79 Å². The molecule has 2 aromatic rings. The molecule has 0 fully saturated rings. The van der Waals surface area contributed by atoms with Crippen LogP contribution in [0.3, 0.4) is 0 Å². The van der Waals surface area contributed by atoms with Gasteiger partial charge in [0.2, 0.25) is 0 Å². The number of nitrogens with zero attached hydrogens (tertiary/aromatic N) is 1. The Labute approximate surface area is 127 Å². The van der Waals surface area contributed by atoms with Gasteiger partial charge in [-0.1, -0.05) is 0 Å². The Bertz CT molecular complexity index is 826. The van der Waals surface area contributed by atoms with Crippen molar-refractivity contribution < 1.29 is 32.5 Å². The highest BCUT2D eigenvalue weighted by molar-refractivity contribution is 5.86. The van der Waals surface area contributed by atoms with Crippen molar-refractivity contribution in [1.29, 1.82) is 0 Å². The summed E-state index contributed by atoms with van der Waals surface area (Å²) in [6, 6.07) is 2.69. The van der Waals surface area contributed by atoms with Crippen LogP contribution in [-0.4, -0.2) is 29.4 Å². The van der Waals surface area contributed by atoms with Crippen LogP contribution in [0.15, 0.2) is 23.0 Å². The average molecular weight is 331 g/mol. The van der Waals surface area contributed by atoms with Gasteiger partial charge in [0.25, 0.3) is 5.56 Å². The summed E-state index contributed by atoms with van der Waals surface area (Å²) in [4.78, 5) is 22.3. The maximum atomic E-state index is 13.1. The molecule has 0 spiro atoms. The highest BCUT2D eigenvalue weighted by Gasteiger charge is 2.34. The number of rotatable bonds is 4. The molecule has 6 nitrogen and oxygen atoms in total. The average Bonchev–Trinajstić information content (AvgIpc) is 2.46. The largest absolute Gasteiger partial charge is 0.493 e. The minimum absolute atomic E-state index is 0.00986. The molecule has 0 aliphatic heterocycles. The molecule has 0 saturated heterocycles. The molecular formula is C14H12F3NO5. The first kappa shape index (κ1) is 16.7. The third-order valence-corrected chi connectivity index (χ3v) is 3.19. The lowest BCUT2D eigenvalue weighted by molar-refractivity contribution is -0.139. The number of aliphatic carboxylic acids is 1. The summed E-state index contributed by atoms with van der Waals surface area (Å²) in [6.45, 7) is -0.741. The first-order valence-electron chi connectivity index (χ1n) is 6.28. The van der Waals surface area contributed by atoms with Crippen molar-refractivity contribution in [3.05, 3.63) is 34.1 Å². The summed E-state index contributed by atoms with van der Waals surface area (Å²) < 4.78 is 50.4. The smallest absolute Gasteiger partial charge is 0.417 e. The van der Waals surface area contributed by atoms with E-state index in [4.69, 9.17) is 14.6 Å². The number of carbonyl (C=O) groups is 1. The van der Waals surface area contributed by atoms with E-state index in [1.54, 1.807) is 0 Å². The van der Waals surface area contributed by atoms with Gasteiger partial charge in [-0.05, 0) is 6.07 Å². The molecule has 9 heteroatoms. The Kier molecular flexibility index (Phi) is 4.22. The van der Waals surface area contributed by atoms with Crippen molar-refractivity contribution >= 4 is 16.9 Å². The lowest BCUT2D eigenvalue weighted by atomic mass is 10.1. The number of methoxy groups -OCH3 is 1. The Morgan fingerprint density at radius 1 is 1.26 bits per heavy atom. The maximum absolute atomic E-state index is 13.1. The summed E-state index contributed by atoms with van der Waals surface area (Å²) in [5, 5.41) is 8.33. The molecule has 2 rings (SSSR count). The van der Waals surface area contributed by atoms with Crippen LogP contribution in [0.25, 0.3) is 10.9 Å². The maximum Gasteiger partial charge on any atom is 0.417 e. The van der Waals surface area contributed by atoms with E-state index in [2.05, 4.69) is 0 Å². The van der Waals surface area contributed by atoms with Crippen LogP contribution in [0.2, 0.25) is 0 Å². The lowest BCUT2D eigenvalue weighted by Gasteiger charge is -2.16. The SMILES string of the molecule is COc1cc2c(cc1OCC(=O)O)c(C(F)(F)F)cc(=O)n2C. The third-order valence-electron chi connectivity index (χ3n) is 3.19. The van der Waals surface area contributed by atoms with Gasteiger partial charge >= 0.3 is 12.1 Å². The first-order chi connectivity index (χ1) is 10.6. The quantitative estimate of drug-likeness (QED) is 0.927. The topological polar surface area (TPSA) is 77.8 Å². The molecule has 23 heavy (non-hydrogen) atoms. The second kappa shape index (κ2) is 5.82. The van der Waals surface area contributed by atoms with Crippen molar-refractivity contribution in [2.24, 2.45) is 7.05 Å². The second-order valence-corrected chi connectivity index (χ2v) is 4.66. The van der Waals surface area contributed by atoms with Crippen LogP contribution in [0.1, 0.15) is 5.56 Å². The molecule has 0 radical (unpaired) electrons. The third kappa shape index (κ3) is 3.22. The number of carboxylic acids is 1. The van der Waals surface area contributed by atoms with E-state index in [9.17, 15) is 22.8 Å². The van der Waals surface area contributed by atoms with E-state index in [0.29, 0.717) is 6.07 Å². The number of ether oxygens (including phenoxy) is 2. The van der Waals surface area contributed by atoms with Crippen LogP contribution in [0.5, 0.6) is 11.5 Å². The van der Waals surface area contributed by atoms with Crippen molar-refractivity contribution in [3.63, 3.8) is 0 Å². The van der Waals surface area contributed by atoms with Crippen LogP contribution < -0.4 is 15.0 Å². The van der Waals surface area contributed by atoms with Gasteiger partial charge in [0.1, 0.15) is 0 Å². The van der Waals surface area contributed by atoms with Crippen LogP contribution in [0.4, 0.5) is 13.2 Å². The van der Waals surface area contributed by atoms with Crippen molar-refractivity contribution in [2.75, 3.05) is 13.7 Å². The van der Waals surface area contributed by atoms with Gasteiger partial charge in [0, 0.05) is 24.6 Å². The van der Waals surface area contributed by atoms with E-state index in [1.807, 2.05) is 0 Å². The number of fused-ring (bicyclic) bond motifs is 1. The molecule has 0 atom stereocenters. The van der Waals surface area contributed by atoms with E-state index in [0.717, 1.165) is 10.6 Å². The number of halogens is 3. The van der Waals surface area contributed by atoms with Crippen LogP contribution >= 0.6 is 0 Å². The molecule has 0 aliphatic carbocycles. The molecule has 1 aromatic carbocycles. The summed E-state index contributed by atoms with van der Waals surface area (Å²) in [5.74, 6) is -1.43. The fraction of sp³-hybridized carbons (Fsp3) is 0.286. The fourth-order valence-electron chi connectivity index (χ4n) is 2.11. The second-order valence-electron chi connectivity index (χ2n) is 4.66. The van der Waals surface area contributed by atoms with Crippen molar-refractivity contribution in [2.45, 2.75) is 6.18 Å². The highest BCUT2D eigenvalue weighted by atomic mass is 19.4. The number of hydrogen-bond donors (Lipinski definition) is 1. The standard InChI is InChI=1S/C14H12F3NO5/c1-18-9-5-10(22-2)11(23-6-13(20)21)3-7(9)8(4-12(18)19)14(15,16)17/h3-5H,6H2,1-2H3,(H,20,21). The monoisotopic (exact) mass is 331 g/mol. The van der Waals surface area contributed by atoms with E-state index in [-0.39, 0.29) is 22.4 Å². The number of pyridine rings is 1. The first-order valence-corrected chi connectivity index (χ1v) is 6.28. The molecule has 0 saturated carbocycles. The van der Waals surface area contributed by atoms with Crippen molar-refractivity contribution in [1.82, 2.24) is 4.57 Å². The summed E-state index contributed by atoms with van der Waals surface area (Å²) in [5.41, 5.74) is -1.96. The van der Waals surface area contributed by atoms with Crippen LogP contribution in [0, 0.1) is 0 Å². The van der Waals surface area contributed by atoms with E-state index < -0.39 is 29.9 Å². The van der Waals surface area contributed by atoms with Gasteiger partial charge in [0.15, 0.2) is 18.1 Å². The van der Waals surface area contributed by atoms with E-state index in [1.165, 1.54) is 20.2 Å². The molecular weight excluding hydrogens is 319 g/mol. The molecule has 1 aromatic heterocycles. The van der Waals surface area contributed by atoms with Crippen LogP contribution in [-0.2, 0) is 18.0 Å². The fourth-order valence-corrected chi connectivity index (χ4v) is 2.11. The zero-order valence-corrected chi connectivity index (χ0v) is 12.1. The zero-order chi connectivity index (χ0) is 17.4. The van der Waals surface area contributed by atoms with Gasteiger partial charge in [0.05, 0.1) is 18.2 Å². The Balaban J connectivity index is 2.79. The number of benzene rings is 1. The molecule has 124 valence electrons. The van der Waals surface area contributed by atoms with Crippen molar-refractivity contribution in [3.8, 4) is 11.5 Å². The predicted molar refractivity (Wildman–Crippen MR) is 73.9 cm³/mol. The Morgan fingerprint density at radius 2 is 1.91 bits per heavy atom. The minimum Gasteiger partial charge on any atom is -0.493 e. The number of aryl methyl sites for hydroxylation is 1. The molecule has 0 bridgehead atoms. The van der Waals surface area contributed by atoms with Gasteiger partial charge in [-0.2, -0.15) is 13.2 Å². The highest BCUT2D eigenvalue weighted by Crippen LogP contribution is 2.38. The summed E-state index contributed by atoms with van der Waals surface area (Å²) >= 11 is 0. The Morgan fingerprint density at radius 3 is 2.43 bits per heavy atom. The van der Waals surface area contributed by atoms with Gasteiger partial charge in [-0.25, -0.2) is 4.79 Å². The normalized spacial score (nSPS) is 11.5. The number of alkyl halides is 3. The Hall–Kier alpha value is -2.71. The molecule has 1 N–H and O–H groups in total. The molecule has 0 amide bonds. The van der Waals surface area contributed by atoms with Gasteiger partial charge in [-0.15, -0.1) is 0 Å². The lowest BCUT2D eigenvalue weighted by Crippen LogP contribution is -2.21. The number of hydrogen-bond acceptors (Lipinski definition) is 4. The molecule has 0 unspecified atom stereocenters. The number of carboxylic acid groups (broad SMARTS) is 1. The summed E-state index contributed by atoms with van der Waals surface area (Å²) in [7, 11) is 2.57.